The van der Waals surface area contributed by atoms with Gasteiger partial charge in [0.15, 0.2) is 0 Å². The van der Waals surface area contributed by atoms with Crippen molar-refractivity contribution in [3.05, 3.63) is 54.4 Å². The molecule has 3 N–H and O–H groups in total. The Morgan fingerprint density at radius 1 is 1.26 bits per heavy atom. The molecule has 2 unspecified atom stereocenters. The van der Waals surface area contributed by atoms with Crippen LogP contribution in [0.4, 0.5) is 10.1 Å². The number of aromatic amines is 1. The van der Waals surface area contributed by atoms with E-state index in [1.807, 2.05) is 29.2 Å². The molecule has 2 fully saturated rings. The number of primary amides is 1. The monoisotopic (exact) mass is 420 g/mol. The van der Waals surface area contributed by atoms with Gasteiger partial charge in [-0.25, -0.2) is 4.39 Å². The van der Waals surface area contributed by atoms with Crippen molar-refractivity contribution < 1.29 is 14.0 Å². The van der Waals surface area contributed by atoms with Gasteiger partial charge >= 0.3 is 0 Å². The second kappa shape index (κ2) is 7.41. The third-order valence-electron chi connectivity index (χ3n) is 6.76. The summed E-state index contributed by atoms with van der Waals surface area (Å²) >= 11 is 0. The van der Waals surface area contributed by atoms with E-state index in [0.29, 0.717) is 30.3 Å². The Balaban J connectivity index is 1.59. The van der Waals surface area contributed by atoms with E-state index in [-0.39, 0.29) is 24.2 Å². The summed E-state index contributed by atoms with van der Waals surface area (Å²) in [6.45, 7) is 5.68. The molecule has 2 aromatic carbocycles. The average Bonchev–Trinajstić information content (AvgIpc) is 3.34. The predicted octanol–water partition coefficient (Wildman–Crippen LogP) is 3.10. The van der Waals surface area contributed by atoms with Crippen LogP contribution < -0.4 is 10.6 Å². The zero-order valence-corrected chi connectivity index (χ0v) is 17.2. The fraction of sp³-hybridized carbons (Fsp3) is 0.333. The number of halogens is 1. The summed E-state index contributed by atoms with van der Waals surface area (Å²) in [6.07, 6.45) is 3.04. The number of carbonyl (C=O) groups excluding carboxylic acids is 2. The molecule has 0 bridgehead atoms. The van der Waals surface area contributed by atoms with Crippen LogP contribution in [-0.4, -0.2) is 47.4 Å². The summed E-state index contributed by atoms with van der Waals surface area (Å²) in [4.78, 5) is 31.2. The molecule has 0 saturated carbocycles. The SMILES string of the molecule is C=CC(=O)N1CCC2CN(c3c(F)cc(CC(N)=O)c4[nH]c5ccccc5c34)CCC21. The van der Waals surface area contributed by atoms with Crippen LogP contribution in [0, 0.1) is 11.7 Å². The third-order valence-corrected chi connectivity index (χ3v) is 6.76. The van der Waals surface area contributed by atoms with Crippen molar-refractivity contribution in [2.45, 2.75) is 25.3 Å². The summed E-state index contributed by atoms with van der Waals surface area (Å²) in [5.74, 6) is -0.570. The van der Waals surface area contributed by atoms with Crippen molar-refractivity contribution in [3.8, 4) is 0 Å². The minimum atomic E-state index is -0.495. The Morgan fingerprint density at radius 2 is 2.06 bits per heavy atom. The van der Waals surface area contributed by atoms with Gasteiger partial charge in [0.25, 0.3) is 0 Å². The first-order chi connectivity index (χ1) is 15.0. The first-order valence-corrected chi connectivity index (χ1v) is 10.7. The number of carbonyl (C=O) groups is 2. The van der Waals surface area contributed by atoms with Gasteiger partial charge in [-0.1, -0.05) is 24.8 Å². The van der Waals surface area contributed by atoms with E-state index in [2.05, 4.69) is 16.5 Å². The highest BCUT2D eigenvalue weighted by Gasteiger charge is 2.40. The van der Waals surface area contributed by atoms with Gasteiger partial charge in [0.05, 0.1) is 17.6 Å². The highest BCUT2D eigenvalue weighted by atomic mass is 19.1. The fourth-order valence-electron chi connectivity index (χ4n) is 5.46. The average molecular weight is 420 g/mol. The van der Waals surface area contributed by atoms with Crippen LogP contribution in [-0.2, 0) is 16.0 Å². The maximum absolute atomic E-state index is 15.5. The minimum Gasteiger partial charge on any atom is -0.369 e. The van der Waals surface area contributed by atoms with Crippen molar-refractivity contribution >= 4 is 39.3 Å². The van der Waals surface area contributed by atoms with Gasteiger partial charge in [-0.2, -0.15) is 0 Å². The molecule has 0 radical (unpaired) electrons. The molecular weight excluding hydrogens is 395 g/mol. The first kappa shape index (κ1) is 19.6. The number of likely N-dealkylation sites (tertiary alicyclic amines) is 1. The number of nitrogens with zero attached hydrogens (tertiary/aromatic N) is 2. The number of para-hydroxylation sites is 1. The van der Waals surface area contributed by atoms with Crippen molar-refractivity contribution in [2.24, 2.45) is 11.7 Å². The first-order valence-electron chi connectivity index (χ1n) is 10.7. The molecule has 2 atom stereocenters. The van der Waals surface area contributed by atoms with E-state index in [0.717, 1.165) is 41.2 Å². The number of anilines is 1. The van der Waals surface area contributed by atoms with Crippen molar-refractivity contribution in [2.75, 3.05) is 24.5 Å². The number of amides is 2. The molecule has 0 aliphatic carbocycles. The van der Waals surface area contributed by atoms with Crippen molar-refractivity contribution in [1.29, 1.82) is 0 Å². The molecule has 7 heteroatoms. The lowest BCUT2D eigenvalue weighted by atomic mass is 9.91. The molecule has 2 saturated heterocycles. The van der Waals surface area contributed by atoms with Gasteiger partial charge in [0, 0.05) is 42.0 Å². The smallest absolute Gasteiger partial charge is 0.246 e. The highest BCUT2D eigenvalue weighted by Crippen LogP contribution is 2.41. The van der Waals surface area contributed by atoms with E-state index >= 15 is 4.39 Å². The van der Waals surface area contributed by atoms with Crippen LogP contribution in [0.3, 0.4) is 0 Å². The summed E-state index contributed by atoms with van der Waals surface area (Å²) in [5.41, 5.74) is 8.21. The van der Waals surface area contributed by atoms with E-state index in [1.165, 1.54) is 12.1 Å². The summed E-state index contributed by atoms with van der Waals surface area (Å²) in [7, 11) is 0. The topological polar surface area (TPSA) is 82.4 Å². The molecule has 3 aromatic rings. The number of hydrogen-bond acceptors (Lipinski definition) is 3. The largest absolute Gasteiger partial charge is 0.369 e. The van der Waals surface area contributed by atoms with E-state index in [1.54, 1.807) is 0 Å². The molecule has 31 heavy (non-hydrogen) atoms. The van der Waals surface area contributed by atoms with Crippen LogP contribution in [0.25, 0.3) is 21.8 Å². The second-order valence-electron chi connectivity index (χ2n) is 8.52. The number of nitrogens with two attached hydrogens (primary N) is 1. The van der Waals surface area contributed by atoms with Crippen LogP contribution in [0.1, 0.15) is 18.4 Å². The lowest BCUT2D eigenvalue weighted by Gasteiger charge is -2.39. The maximum atomic E-state index is 15.5. The summed E-state index contributed by atoms with van der Waals surface area (Å²) in [6, 6.07) is 9.39. The van der Waals surface area contributed by atoms with Gasteiger partial charge in [-0.15, -0.1) is 0 Å². The fourth-order valence-corrected chi connectivity index (χ4v) is 5.46. The molecule has 160 valence electrons. The number of fused-ring (bicyclic) bond motifs is 4. The number of aromatic nitrogens is 1. The van der Waals surface area contributed by atoms with E-state index < -0.39 is 5.91 Å². The van der Waals surface area contributed by atoms with Gasteiger partial charge in [-0.05, 0) is 42.5 Å². The Labute approximate surface area is 179 Å². The normalized spacial score (nSPS) is 20.9. The quantitative estimate of drug-likeness (QED) is 0.637. The summed E-state index contributed by atoms with van der Waals surface area (Å²) in [5, 5.41) is 1.72. The van der Waals surface area contributed by atoms with Crippen LogP contribution >= 0.6 is 0 Å². The number of hydrogen-bond donors (Lipinski definition) is 2. The van der Waals surface area contributed by atoms with Crippen LogP contribution in [0.2, 0.25) is 0 Å². The lowest BCUT2D eigenvalue weighted by Crippen LogP contribution is -2.47. The molecule has 2 aliphatic heterocycles. The molecule has 0 spiro atoms. The lowest BCUT2D eigenvalue weighted by molar-refractivity contribution is -0.127. The molecule has 2 amide bonds. The van der Waals surface area contributed by atoms with E-state index in [4.69, 9.17) is 5.73 Å². The molecule has 1 aromatic heterocycles. The Bertz CT molecular complexity index is 1220. The van der Waals surface area contributed by atoms with E-state index in [9.17, 15) is 9.59 Å². The Kier molecular flexibility index (Phi) is 4.68. The molecule has 3 heterocycles. The standard InChI is InChI=1S/C24H25FN4O2/c1-2-21(31)29-10-7-14-13-28(9-8-19(14)29)24-17(25)11-15(12-20(26)30)23-22(24)16-5-3-4-6-18(16)27-23/h2-6,11,14,19,27H,1,7-10,12-13H2,(H2,26,30). The number of benzene rings is 2. The summed E-state index contributed by atoms with van der Waals surface area (Å²) < 4.78 is 15.5. The molecule has 2 aliphatic rings. The van der Waals surface area contributed by atoms with Crippen molar-refractivity contribution in [1.82, 2.24) is 9.88 Å². The van der Waals surface area contributed by atoms with Gasteiger partial charge in [0.1, 0.15) is 5.82 Å². The minimum absolute atomic E-state index is 0.0240. The number of nitrogens with one attached hydrogen (secondary N) is 1. The maximum Gasteiger partial charge on any atom is 0.246 e. The molecule has 6 nitrogen and oxygen atoms in total. The predicted molar refractivity (Wildman–Crippen MR) is 119 cm³/mol. The second-order valence-corrected chi connectivity index (χ2v) is 8.52. The van der Waals surface area contributed by atoms with Crippen LogP contribution in [0.15, 0.2) is 43.0 Å². The highest BCUT2D eigenvalue weighted by molar-refractivity contribution is 6.15. The Hall–Kier alpha value is -3.35. The van der Waals surface area contributed by atoms with Gasteiger partial charge in [0.2, 0.25) is 11.8 Å². The van der Waals surface area contributed by atoms with Gasteiger partial charge < -0.3 is 20.5 Å². The molecule has 5 rings (SSSR count). The zero-order chi connectivity index (χ0) is 21.7. The third kappa shape index (κ3) is 3.15. The Morgan fingerprint density at radius 3 is 2.84 bits per heavy atom. The number of rotatable bonds is 4. The van der Waals surface area contributed by atoms with Gasteiger partial charge in [-0.3, -0.25) is 9.59 Å². The molecular formula is C24H25FN4O2. The van der Waals surface area contributed by atoms with Crippen molar-refractivity contribution in [3.63, 3.8) is 0 Å². The van der Waals surface area contributed by atoms with Crippen LogP contribution in [0.5, 0.6) is 0 Å². The number of H-pyrrole nitrogens is 1. The zero-order valence-electron chi connectivity index (χ0n) is 17.2. The number of piperidine rings is 1.